The predicted octanol–water partition coefficient (Wildman–Crippen LogP) is 2.20. The van der Waals surface area contributed by atoms with Crippen LogP contribution in [0, 0.1) is 11.3 Å². The Kier molecular flexibility index (Phi) is 12.9. The van der Waals surface area contributed by atoms with Crippen LogP contribution < -0.4 is 0 Å². The molecule has 1 unspecified atom stereocenters. The molecule has 0 aliphatic carbocycles. The maximum atomic E-state index is 8.53. The Balaban J connectivity index is 0. The van der Waals surface area contributed by atoms with Crippen molar-refractivity contribution in [2.24, 2.45) is 0 Å². The van der Waals surface area contributed by atoms with E-state index in [1.807, 2.05) is 27.7 Å². The molecule has 0 amide bonds. The molecule has 3 nitrogen and oxygen atoms in total. The van der Waals surface area contributed by atoms with Gasteiger partial charge < -0.3 is 4.90 Å². The van der Waals surface area contributed by atoms with Crippen LogP contribution in [-0.2, 0) is 0 Å². The molecular formula is C12H27N3. The summed E-state index contributed by atoms with van der Waals surface area (Å²) in [4.78, 5) is 4.55. The summed E-state index contributed by atoms with van der Waals surface area (Å²) < 4.78 is 0. The molecule has 15 heavy (non-hydrogen) atoms. The molecule has 0 bridgehead atoms. The summed E-state index contributed by atoms with van der Waals surface area (Å²) in [6.45, 7) is 11.2. The monoisotopic (exact) mass is 213 g/mol. The first kappa shape index (κ1) is 16.8. The number of likely N-dealkylation sites (N-methyl/N-ethyl adjacent to an activating group) is 2. The molecular weight excluding hydrogens is 186 g/mol. The Morgan fingerprint density at radius 3 is 2.13 bits per heavy atom. The fraction of sp³-hybridized carbons (Fsp3) is 0.917. The van der Waals surface area contributed by atoms with Crippen molar-refractivity contribution in [3.63, 3.8) is 0 Å². The van der Waals surface area contributed by atoms with Gasteiger partial charge in [-0.1, -0.05) is 27.7 Å². The molecule has 1 saturated heterocycles. The number of piperazine rings is 1. The van der Waals surface area contributed by atoms with E-state index in [2.05, 4.69) is 30.0 Å². The standard InChI is InChI=1S/C8H15N3.2C2H6/c1-10-5-6-11(2)8(7-10)3-4-9;2*1-2/h8H,3,5-7H2,1-2H3;2*1-2H3. The van der Waals surface area contributed by atoms with E-state index < -0.39 is 0 Å². The quantitative estimate of drug-likeness (QED) is 0.669. The van der Waals surface area contributed by atoms with Gasteiger partial charge in [0.2, 0.25) is 0 Å². The van der Waals surface area contributed by atoms with E-state index in [0.29, 0.717) is 12.5 Å². The van der Waals surface area contributed by atoms with Crippen molar-refractivity contribution in [3.8, 4) is 6.07 Å². The van der Waals surface area contributed by atoms with Crippen molar-refractivity contribution in [1.29, 1.82) is 5.26 Å². The molecule has 90 valence electrons. The molecule has 1 aliphatic heterocycles. The molecule has 1 rings (SSSR count). The summed E-state index contributed by atoms with van der Waals surface area (Å²) in [6, 6.07) is 2.66. The zero-order valence-electron chi connectivity index (χ0n) is 11.2. The molecule has 0 spiro atoms. The van der Waals surface area contributed by atoms with Gasteiger partial charge in [-0.3, -0.25) is 4.90 Å². The normalized spacial score (nSPS) is 21.5. The molecule has 0 aromatic rings. The summed E-state index contributed by atoms with van der Waals surface area (Å²) in [7, 11) is 4.20. The van der Waals surface area contributed by atoms with Crippen LogP contribution in [0.15, 0.2) is 0 Å². The minimum absolute atomic E-state index is 0.443. The van der Waals surface area contributed by atoms with Gasteiger partial charge in [-0.15, -0.1) is 0 Å². The third-order valence-electron chi connectivity index (χ3n) is 2.31. The molecule has 0 radical (unpaired) electrons. The van der Waals surface area contributed by atoms with Gasteiger partial charge in [-0.25, -0.2) is 0 Å². The highest BCUT2D eigenvalue weighted by Gasteiger charge is 2.21. The average molecular weight is 213 g/mol. The number of hydrogen-bond acceptors (Lipinski definition) is 3. The van der Waals surface area contributed by atoms with E-state index in [0.717, 1.165) is 19.6 Å². The van der Waals surface area contributed by atoms with Crippen LogP contribution in [0.25, 0.3) is 0 Å². The average Bonchev–Trinajstić information content (AvgIpc) is 2.29. The van der Waals surface area contributed by atoms with Crippen LogP contribution >= 0.6 is 0 Å². The Morgan fingerprint density at radius 2 is 1.67 bits per heavy atom. The highest BCUT2D eigenvalue weighted by atomic mass is 15.3. The molecule has 1 heterocycles. The molecule has 0 N–H and O–H groups in total. The van der Waals surface area contributed by atoms with Gasteiger partial charge in [0.05, 0.1) is 12.5 Å². The van der Waals surface area contributed by atoms with Crippen molar-refractivity contribution >= 4 is 0 Å². The summed E-state index contributed by atoms with van der Waals surface area (Å²) in [5, 5.41) is 8.53. The molecule has 0 aromatic carbocycles. The second kappa shape index (κ2) is 11.5. The van der Waals surface area contributed by atoms with Crippen LogP contribution in [0.3, 0.4) is 0 Å². The zero-order valence-corrected chi connectivity index (χ0v) is 11.2. The van der Waals surface area contributed by atoms with Gasteiger partial charge in [0.25, 0.3) is 0 Å². The molecule has 1 atom stereocenters. The molecule has 1 aliphatic rings. The number of nitriles is 1. The fourth-order valence-corrected chi connectivity index (χ4v) is 1.43. The lowest BCUT2D eigenvalue weighted by Crippen LogP contribution is -2.49. The topological polar surface area (TPSA) is 30.3 Å². The van der Waals surface area contributed by atoms with Gasteiger partial charge in [0.15, 0.2) is 0 Å². The van der Waals surface area contributed by atoms with E-state index in [4.69, 9.17) is 5.26 Å². The van der Waals surface area contributed by atoms with Crippen molar-refractivity contribution in [2.45, 2.75) is 40.2 Å². The van der Waals surface area contributed by atoms with Crippen LogP contribution in [-0.4, -0.2) is 49.6 Å². The van der Waals surface area contributed by atoms with E-state index in [-0.39, 0.29) is 0 Å². The van der Waals surface area contributed by atoms with Crippen LogP contribution in [0.4, 0.5) is 0 Å². The van der Waals surface area contributed by atoms with Gasteiger partial charge in [-0.2, -0.15) is 5.26 Å². The van der Waals surface area contributed by atoms with Crippen LogP contribution in [0.2, 0.25) is 0 Å². The Morgan fingerprint density at radius 1 is 1.13 bits per heavy atom. The second-order valence-electron chi connectivity index (χ2n) is 3.26. The van der Waals surface area contributed by atoms with Crippen molar-refractivity contribution in [2.75, 3.05) is 33.7 Å². The summed E-state index contributed by atoms with van der Waals surface area (Å²) in [5.74, 6) is 0. The fourth-order valence-electron chi connectivity index (χ4n) is 1.43. The molecule has 0 aromatic heterocycles. The van der Waals surface area contributed by atoms with Gasteiger partial charge >= 0.3 is 0 Å². The SMILES string of the molecule is CC.CC.CN1CCN(C)C(CC#N)C1. The molecule has 1 fully saturated rings. The third kappa shape index (κ3) is 7.35. The Bertz CT molecular complexity index is 163. The highest BCUT2D eigenvalue weighted by molar-refractivity contribution is 4.86. The lowest BCUT2D eigenvalue weighted by molar-refractivity contribution is 0.117. The first-order chi connectivity index (χ1) is 7.24. The predicted molar refractivity (Wildman–Crippen MR) is 66.8 cm³/mol. The van der Waals surface area contributed by atoms with Gasteiger partial charge in [-0.05, 0) is 14.1 Å². The van der Waals surface area contributed by atoms with E-state index in [1.165, 1.54) is 0 Å². The lowest BCUT2D eigenvalue weighted by Gasteiger charge is -2.36. The molecule has 3 heteroatoms. The van der Waals surface area contributed by atoms with Crippen molar-refractivity contribution < 1.29 is 0 Å². The first-order valence-electron chi connectivity index (χ1n) is 5.99. The number of rotatable bonds is 1. The first-order valence-corrected chi connectivity index (χ1v) is 5.99. The van der Waals surface area contributed by atoms with E-state index in [1.54, 1.807) is 0 Å². The van der Waals surface area contributed by atoms with E-state index >= 15 is 0 Å². The smallest absolute Gasteiger partial charge is 0.0638 e. The van der Waals surface area contributed by atoms with Crippen LogP contribution in [0.5, 0.6) is 0 Å². The maximum absolute atomic E-state index is 8.53. The molecule has 0 saturated carbocycles. The zero-order chi connectivity index (χ0) is 12.3. The maximum Gasteiger partial charge on any atom is 0.0638 e. The third-order valence-corrected chi connectivity index (χ3v) is 2.31. The second-order valence-corrected chi connectivity index (χ2v) is 3.26. The summed E-state index contributed by atoms with van der Waals surface area (Å²) in [6.07, 6.45) is 0.654. The summed E-state index contributed by atoms with van der Waals surface area (Å²) >= 11 is 0. The minimum Gasteiger partial charge on any atom is -0.304 e. The van der Waals surface area contributed by atoms with Gasteiger partial charge in [0.1, 0.15) is 0 Å². The van der Waals surface area contributed by atoms with Gasteiger partial charge in [0, 0.05) is 25.7 Å². The van der Waals surface area contributed by atoms with Crippen molar-refractivity contribution in [3.05, 3.63) is 0 Å². The Hall–Kier alpha value is -0.590. The minimum atomic E-state index is 0.443. The number of nitrogens with zero attached hydrogens (tertiary/aromatic N) is 3. The lowest BCUT2D eigenvalue weighted by atomic mass is 10.1. The van der Waals surface area contributed by atoms with Crippen LogP contribution in [0.1, 0.15) is 34.1 Å². The highest BCUT2D eigenvalue weighted by Crippen LogP contribution is 2.07. The van der Waals surface area contributed by atoms with Crippen molar-refractivity contribution in [1.82, 2.24) is 9.80 Å². The number of hydrogen-bond donors (Lipinski definition) is 0. The largest absolute Gasteiger partial charge is 0.304 e. The Labute approximate surface area is 95.7 Å². The summed E-state index contributed by atoms with van der Waals surface area (Å²) in [5.41, 5.74) is 0. The van der Waals surface area contributed by atoms with E-state index in [9.17, 15) is 0 Å².